The van der Waals surface area contributed by atoms with E-state index in [1.54, 1.807) is 25.8 Å². The Hall–Kier alpha value is -3.81. The molecule has 0 aliphatic carbocycles. The molecule has 0 saturated carbocycles. The summed E-state index contributed by atoms with van der Waals surface area (Å²) in [7, 11) is 1.62. The number of para-hydroxylation sites is 1. The van der Waals surface area contributed by atoms with Crippen molar-refractivity contribution in [2.45, 2.75) is 60.0 Å². The van der Waals surface area contributed by atoms with Gasteiger partial charge in [0.15, 0.2) is 0 Å². The van der Waals surface area contributed by atoms with Crippen molar-refractivity contribution in [2.24, 2.45) is 21.9 Å². The highest BCUT2D eigenvalue weighted by Gasteiger charge is 2.27. The molecule has 0 radical (unpaired) electrons. The van der Waals surface area contributed by atoms with Gasteiger partial charge in [0.25, 0.3) is 0 Å². The molecule has 0 bridgehead atoms. The summed E-state index contributed by atoms with van der Waals surface area (Å²) in [6, 6.07) is 14.7. The Morgan fingerprint density at radius 2 is 1.64 bits per heavy atom. The second-order valence-corrected chi connectivity index (χ2v) is 8.62. The number of hydrogen-bond donors (Lipinski definition) is 2. The van der Waals surface area contributed by atoms with Gasteiger partial charge >= 0.3 is 0 Å². The number of nitrogens with one attached hydrogen (secondary N) is 1. The second kappa shape index (κ2) is 13.3. The quantitative estimate of drug-likeness (QED) is 0.499. The predicted octanol–water partition coefficient (Wildman–Crippen LogP) is 5.43. The van der Waals surface area contributed by atoms with Crippen LogP contribution in [-0.4, -0.2) is 30.8 Å². The lowest BCUT2D eigenvalue weighted by molar-refractivity contribution is -0.129. The molecular weight excluding hydrogens is 454 g/mol. The number of allylic oxidation sites excluding steroid dienone is 1. The highest BCUT2D eigenvalue weighted by atomic mass is 16.2. The van der Waals surface area contributed by atoms with Gasteiger partial charge in [-0.3, -0.25) is 14.4 Å². The number of carbonyl (C=O) groups is 3. The van der Waals surface area contributed by atoms with Gasteiger partial charge in [-0.1, -0.05) is 70.2 Å². The first-order valence-electron chi connectivity index (χ1n) is 12.3. The topological polar surface area (TPSA) is 117 Å². The lowest BCUT2D eigenvalue weighted by Crippen LogP contribution is -2.47. The fraction of sp³-hybridized carbons (Fsp3) is 0.393. The molecule has 0 aromatic heterocycles. The third-order valence-electron chi connectivity index (χ3n) is 5.91. The van der Waals surface area contributed by atoms with Crippen molar-refractivity contribution in [3.05, 3.63) is 65.2 Å². The molecule has 0 fully saturated rings. The summed E-state index contributed by atoms with van der Waals surface area (Å²) >= 11 is 0. The average molecular weight is 496 g/mol. The van der Waals surface area contributed by atoms with Crippen molar-refractivity contribution >= 4 is 34.7 Å². The number of nitrogens with two attached hydrogens (primary N) is 1. The summed E-state index contributed by atoms with van der Waals surface area (Å²) in [6.45, 7) is 9.97. The van der Waals surface area contributed by atoms with Gasteiger partial charge in [0, 0.05) is 28.3 Å². The van der Waals surface area contributed by atoms with E-state index in [4.69, 9.17) is 5.73 Å². The van der Waals surface area contributed by atoms with E-state index in [9.17, 15) is 14.4 Å². The minimum Gasteiger partial charge on any atom is -0.368 e. The molecule has 1 aliphatic rings. The van der Waals surface area contributed by atoms with E-state index in [1.165, 1.54) is 0 Å². The van der Waals surface area contributed by atoms with Crippen LogP contribution in [0.4, 0.5) is 5.69 Å². The summed E-state index contributed by atoms with van der Waals surface area (Å²) in [4.78, 5) is 39.2. The number of nitrogens with zero attached hydrogens (tertiary/aromatic N) is 3. The second-order valence-electron chi connectivity index (χ2n) is 8.62. The number of fused-ring (bicyclic) bond motifs is 2. The molecule has 1 atom stereocenters. The van der Waals surface area contributed by atoms with E-state index in [2.05, 4.69) is 15.5 Å². The Bertz CT molecular complexity index is 1160. The molecule has 0 saturated heterocycles. The van der Waals surface area contributed by atoms with Crippen LogP contribution in [0.5, 0.6) is 0 Å². The number of hydrogen-bond acceptors (Lipinski definition) is 5. The summed E-state index contributed by atoms with van der Waals surface area (Å²) in [5, 5.41) is 11.1. The molecule has 3 amide bonds. The van der Waals surface area contributed by atoms with Crippen molar-refractivity contribution < 1.29 is 17.2 Å². The van der Waals surface area contributed by atoms with Crippen LogP contribution in [-0.2, 0) is 20.9 Å². The molecule has 0 unspecified atom stereocenters. The van der Waals surface area contributed by atoms with Crippen LogP contribution in [0, 0.1) is 5.92 Å². The van der Waals surface area contributed by atoms with Gasteiger partial charge in [-0.15, -0.1) is 0 Å². The van der Waals surface area contributed by atoms with Gasteiger partial charge in [0.1, 0.15) is 6.04 Å². The molecule has 8 nitrogen and oxygen atoms in total. The van der Waals surface area contributed by atoms with E-state index in [-0.39, 0.29) is 33.4 Å². The SMILES string of the molecule is CC.CN=N/C1=C(\C)c2ccccc2CN(C(=O)CCC(=O)N[C@H](C(N)=O)C(C)C)c2ccccc21.[HH].[HH]. The van der Waals surface area contributed by atoms with Gasteiger partial charge in [-0.05, 0) is 35.6 Å². The van der Waals surface area contributed by atoms with Crippen LogP contribution in [0.3, 0.4) is 0 Å². The smallest absolute Gasteiger partial charge is 0.240 e. The number of benzene rings is 2. The van der Waals surface area contributed by atoms with E-state index in [0.29, 0.717) is 17.9 Å². The van der Waals surface area contributed by atoms with Gasteiger partial charge in [-0.2, -0.15) is 10.2 Å². The maximum atomic E-state index is 13.4. The summed E-state index contributed by atoms with van der Waals surface area (Å²) < 4.78 is 0. The molecule has 36 heavy (non-hydrogen) atoms. The van der Waals surface area contributed by atoms with Crippen molar-refractivity contribution in [1.82, 2.24) is 5.32 Å². The summed E-state index contributed by atoms with van der Waals surface area (Å²) in [6.07, 6.45) is -0.0642. The Balaban J connectivity index is 0.00000334. The molecule has 1 aliphatic heterocycles. The van der Waals surface area contributed by atoms with Crippen molar-refractivity contribution in [2.75, 3.05) is 11.9 Å². The summed E-state index contributed by atoms with van der Waals surface area (Å²) in [5.74, 6) is -1.33. The predicted molar refractivity (Wildman–Crippen MR) is 148 cm³/mol. The first-order chi connectivity index (χ1) is 17.2. The largest absolute Gasteiger partial charge is 0.368 e. The van der Waals surface area contributed by atoms with Gasteiger partial charge in [-0.25, -0.2) is 0 Å². The number of rotatable bonds is 7. The number of azo groups is 1. The zero-order valence-corrected chi connectivity index (χ0v) is 22.0. The minimum atomic E-state index is -0.771. The standard InChI is InChI=1S/C26H31N5O3.C2H6.2H2/c1-16(2)24(26(27)34)29-22(32)13-14-23(33)31-15-18-9-5-6-10-19(18)17(3)25(30-28-4)20-11-7-8-12-21(20)31;1-2;;/h5-12,16,24H,13-15H2,1-4H3,(H2,27,34)(H,29,32);1-2H3;2*1H/b25-17+,30-28?;;;/t24-;;;/m0.../s1. The van der Waals surface area contributed by atoms with Crippen LogP contribution in [0.1, 0.15) is 67.0 Å². The van der Waals surface area contributed by atoms with Crippen LogP contribution in [0.15, 0.2) is 58.8 Å². The molecule has 8 heteroatoms. The molecule has 3 N–H and O–H groups in total. The van der Waals surface area contributed by atoms with E-state index in [0.717, 1.165) is 22.3 Å². The molecule has 1 heterocycles. The number of carbonyl (C=O) groups excluding carboxylic acids is 3. The normalized spacial score (nSPS) is 15.7. The lowest BCUT2D eigenvalue weighted by Gasteiger charge is -2.29. The monoisotopic (exact) mass is 495 g/mol. The Morgan fingerprint density at radius 1 is 1.03 bits per heavy atom. The van der Waals surface area contributed by atoms with Crippen molar-refractivity contribution in [3.8, 4) is 0 Å². The average Bonchev–Trinajstić information content (AvgIpc) is 2.87. The Labute approximate surface area is 216 Å². The third kappa shape index (κ3) is 6.65. The van der Waals surface area contributed by atoms with Crippen LogP contribution in [0.2, 0.25) is 0 Å². The maximum absolute atomic E-state index is 13.4. The van der Waals surface area contributed by atoms with Crippen LogP contribution < -0.4 is 16.0 Å². The van der Waals surface area contributed by atoms with E-state index < -0.39 is 11.9 Å². The number of anilines is 1. The zero-order chi connectivity index (χ0) is 26.8. The fourth-order valence-electron chi connectivity index (χ4n) is 4.14. The minimum absolute atomic E-state index is 0. The van der Waals surface area contributed by atoms with E-state index in [1.807, 2.05) is 69.3 Å². The zero-order valence-electron chi connectivity index (χ0n) is 22.0. The molecule has 0 spiro atoms. The Kier molecular flexibility index (Phi) is 10.5. The third-order valence-corrected chi connectivity index (χ3v) is 5.91. The van der Waals surface area contributed by atoms with Gasteiger partial charge in [0.2, 0.25) is 17.7 Å². The Morgan fingerprint density at radius 3 is 2.25 bits per heavy atom. The first-order valence-corrected chi connectivity index (χ1v) is 12.3. The fourth-order valence-corrected chi connectivity index (χ4v) is 4.14. The van der Waals surface area contributed by atoms with Crippen LogP contribution >= 0.6 is 0 Å². The van der Waals surface area contributed by atoms with E-state index >= 15 is 0 Å². The molecule has 3 rings (SSSR count). The highest BCUT2D eigenvalue weighted by Crippen LogP contribution is 2.38. The molecule has 2 aromatic rings. The maximum Gasteiger partial charge on any atom is 0.240 e. The highest BCUT2D eigenvalue weighted by molar-refractivity contribution is 6.02. The molecular formula is C28H41N5O3. The lowest BCUT2D eigenvalue weighted by atomic mass is 9.93. The number of primary amides is 1. The van der Waals surface area contributed by atoms with Crippen molar-refractivity contribution in [3.63, 3.8) is 0 Å². The summed E-state index contributed by atoms with van der Waals surface area (Å²) in [5.41, 5.74) is 10.5. The first kappa shape index (κ1) is 28.4. The van der Waals surface area contributed by atoms with Gasteiger partial charge in [0.05, 0.1) is 17.9 Å². The van der Waals surface area contributed by atoms with Crippen LogP contribution in [0.25, 0.3) is 11.3 Å². The van der Waals surface area contributed by atoms with Crippen molar-refractivity contribution in [1.29, 1.82) is 0 Å². The number of amides is 3. The molecule has 196 valence electrons. The molecule has 2 aromatic carbocycles. The van der Waals surface area contributed by atoms with Gasteiger partial charge < -0.3 is 16.0 Å².